The number of anilines is 2. The highest BCUT2D eigenvalue weighted by Crippen LogP contribution is 2.25. The molecule has 1 aromatic heterocycles. The van der Waals surface area contributed by atoms with Gasteiger partial charge in [-0.1, -0.05) is 9.69 Å². The lowest BCUT2D eigenvalue weighted by Crippen LogP contribution is -2.21. The first-order valence-corrected chi connectivity index (χ1v) is 6.82. The van der Waals surface area contributed by atoms with Crippen LogP contribution < -0.4 is 16.1 Å². The van der Waals surface area contributed by atoms with Crippen LogP contribution in [0, 0.1) is 0 Å². The van der Waals surface area contributed by atoms with Gasteiger partial charge in [-0.3, -0.25) is 4.99 Å². The summed E-state index contributed by atoms with van der Waals surface area (Å²) in [5, 5.41) is 27.1. The molecule has 0 amide bonds. The number of benzene rings is 1. The van der Waals surface area contributed by atoms with Gasteiger partial charge in [0.25, 0.3) is 0 Å². The molecule has 0 bridgehead atoms. The van der Waals surface area contributed by atoms with Gasteiger partial charge < -0.3 is 21.0 Å². The molecule has 0 saturated heterocycles. The molecule has 1 aromatic carbocycles. The van der Waals surface area contributed by atoms with E-state index in [0.717, 1.165) is 24.5 Å². The lowest BCUT2D eigenvalue weighted by molar-refractivity contribution is -0.00976. The first-order chi connectivity index (χ1) is 9.63. The number of nitrogens with zero attached hydrogens (tertiary/aromatic N) is 3. The van der Waals surface area contributed by atoms with Gasteiger partial charge in [0.1, 0.15) is 5.52 Å². The van der Waals surface area contributed by atoms with Crippen molar-refractivity contribution >= 4 is 22.3 Å². The Morgan fingerprint density at radius 2 is 1.75 bits per heavy atom. The molecule has 0 radical (unpaired) electrons. The van der Waals surface area contributed by atoms with Crippen molar-refractivity contribution in [1.82, 2.24) is 9.69 Å². The van der Waals surface area contributed by atoms with Gasteiger partial charge in [-0.15, -0.1) is 0 Å². The quantitative estimate of drug-likeness (QED) is 0.627. The summed E-state index contributed by atoms with van der Waals surface area (Å²) in [6.07, 6.45) is 0. The van der Waals surface area contributed by atoms with Crippen LogP contribution in [0.3, 0.4) is 0 Å². The second kappa shape index (κ2) is 5.77. The number of hydrogen-bond acceptors (Lipinski definition) is 5. The predicted molar refractivity (Wildman–Crippen MR) is 78.7 cm³/mol. The van der Waals surface area contributed by atoms with E-state index in [1.807, 2.05) is 26.8 Å². The van der Waals surface area contributed by atoms with Crippen LogP contribution in [0.15, 0.2) is 17.1 Å². The van der Waals surface area contributed by atoms with Crippen LogP contribution in [0.1, 0.15) is 20.8 Å². The predicted octanol–water partition coefficient (Wildman–Crippen LogP) is 1.70. The Bertz CT molecular complexity index is 671. The van der Waals surface area contributed by atoms with Crippen LogP contribution in [0.4, 0.5) is 11.4 Å². The van der Waals surface area contributed by atoms with E-state index in [1.165, 1.54) is 0 Å². The molecule has 0 unspecified atom stereocenters. The van der Waals surface area contributed by atoms with Gasteiger partial charge in [0.05, 0.1) is 5.39 Å². The summed E-state index contributed by atoms with van der Waals surface area (Å²) in [7, 11) is 0. The molecular formula is C13H21N5O2. The van der Waals surface area contributed by atoms with Crippen molar-refractivity contribution < 1.29 is 10.4 Å². The van der Waals surface area contributed by atoms with Gasteiger partial charge in [0.15, 0.2) is 5.49 Å². The summed E-state index contributed by atoms with van der Waals surface area (Å²) >= 11 is 0. The fourth-order valence-corrected chi connectivity index (χ4v) is 2.24. The van der Waals surface area contributed by atoms with E-state index in [2.05, 4.69) is 15.6 Å². The number of aromatic nitrogens is 2. The second-order valence-corrected chi connectivity index (χ2v) is 4.36. The van der Waals surface area contributed by atoms with Crippen LogP contribution in [-0.4, -0.2) is 39.7 Å². The molecule has 110 valence electrons. The molecule has 2 rings (SSSR count). The normalized spacial score (nSPS) is 12.1. The Kier molecular flexibility index (Phi) is 4.07. The standard InChI is InChI=1S/C13H21N5O2/c1-4-14-9-7-10(15-5-2)12-11(8-9)17(19)18(20)13(12)16-6-3/h7-8,14-15,19-20H,4-6H2,1-3H3. The molecule has 0 aliphatic rings. The highest BCUT2D eigenvalue weighted by atomic mass is 16.6. The fourth-order valence-electron chi connectivity index (χ4n) is 2.24. The maximum atomic E-state index is 10.0. The zero-order valence-electron chi connectivity index (χ0n) is 12.0. The smallest absolute Gasteiger partial charge is 0.198 e. The number of fused-ring (bicyclic) bond motifs is 1. The Morgan fingerprint density at radius 3 is 2.35 bits per heavy atom. The van der Waals surface area contributed by atoms with Crippen molar-refractivity contribution in [3.63, 3.8) is 0 Å². The molecule has 20 heavy (non-hydrogen) atoms. The monoisotopic (exact) mass is 279 g/mol. The molecule has 0 atom stereocenters. The number of nitrogens with one attached hydrogen (secondary N) is 2. The summed E-state index contributed by atoms with van der Waals surface area (Å²) in [4.78, 5) is 5.60. The summed E-state index contributed by atoms with van der Waals surface area (Å²) < 4.78 is 0. The first-order valence-electron chi connectivity index (χ1n) is 6.82. The highest BCUT2D eigenvalue weighted by Gasteiger charge is 2.15. The van der Waals surface area contributed by atoms with Crippen molar-refractivity contribution in [1.29, 1.82) is 0 Å². The minimum atomic E-state index is 0.337. The Balaban J connectivity index is 2.82. The molecule has 0 fully saturated rings. The van der Waals surface area contributed by atoms with E-state index < -0.39 is 0 Å². The Labute approximate surface area is 117 Å². The molecular weight excluding hydrogens is 258 g/mol. The van der Waals surface area contributed by atoms with E-state index in [9.17, 15) is 10.4 Å². The van der Waals surface area contributed by atoms with E-state index in [0.29, 0.717) is 32.6 Å². The van der Waals surface area contributed by atoms with Crippen molar-refractivity contribution in [2.45, 2.75) is 20.8 Å². The largest absolute Gasteiger partial charge is 0.410 e. The second-order valence-electron chi connectivity index (χ2n) is 4.36. The van der Waals surface area contributed by atoms with Crippen LogP contribution in [0.2, 0.25) is 0 Å². The van der Waals surface area contributed by atoms with Gasteiger partial charge in [-0.25, -0.2) is 0 Å². The van der Waals surface area contributed by atoms with Gasteiger partial charge >= 0.3 is 0 Å². The average Bonchev–Trinajstić information content (AvgIpc) is 2.66. The lowest BCUT2D eigenvalue weighted by atomic mass is 10.2. The Hall–Kier alpha value is -2.31. The van der Waals surface area contributed by atoms with E-state index in [-0.39, 0.29) is 0 Å². The molecule has 7 nitrogen and oxygen atoms in total. The summed E-state index contributed by atoms with van der Waals surface area (Å²) in [5.41, 5.74) is 2.52. The third-order valence-electron chi connectivity index (χ3n) is 2.98. The van der Waals surface area contributed by atoms with Gasteiger partial charge in [0.2, 0.25) is 0 Å². The van der Waals surface area contributed by atoms with Gasteiger partial charge in [-0.2, -0.15) is 0 Å². The third kappa shape index (κ3) is 2.26. The minimum Gasteiger partial charge on any atom is -0.410 e. The third-order valence-corrected chi connectivity index (χ3v) is 2.98. The van der Waals surface area contributed by atoms with Crippen LogP contribution in [0.25, 0.3) is 10.9 Å². The SMILES string of the molecule is CCN=c1c2c(NCC)cc(NCC)cc2n(O)n1O. The molecule has 0 saturated carbocycles. The van der Waals surface area contributed by atoms with Crippen molar-refractivity contribution in [3.05, 3.63) is 17.6 Å². The molecule has 2 aromatic rings. The molecule has 7 heteroatoms. The minimum absolute atomic E-state index is 0.337. The van der Waals surface area contributed by atoms with Crippen LogP contribution >= 0.6 is 0 Å². The molecule has 0 aliphatic carbocycles. The topological polar surface area (TPSA) is 86.7 Å². The van der Waals surface area contributed by atoms with Crippen LogP contribution in [0.5, 0.6) is 0 Å². The first kappa shape index (κ1) is 14.1. The summed E-state index contributed by atoms with van der Waals surface area (Å²) in [5.74, 6) is 0. The maximum absolute atomic E-state index is 10.0. The number of rotatable bonds is 5. The lowest BCUT2D eigenvalue weighted by Gasteiger charge is -2.09. The number of hydrogen-bond donors (Lipinski definition) is 4. The summed E-state index contributed by atoms with van der Waals surface area (Å²) in [6, 6.07) is 3.73. The van der Waals surface area contributed by atoms with E-state index in [1.54, 1.807) is 6.07 Å². The van der Waals surface area contributed by atoms with Crippen molar-refractivity contribution in [2.75, 3.05) is 30.3 Å². The highest BCUT2D eigenvalue weighted by molar-refractivity contribution is 5.94. The van der Waals surface area contributed by atoms with Crippen molar-refractivity contribution in [2.24, 2.45) is 4.99 Å². The molecule has 0 spiro atoms. The zero-order chi connectivity index (χ0) is 14.7. The molecule has 4 N–H and O–H groups in total. The zero-order valence-corrected chi connectivity index (χ0v) is 12.0. The molecule has 0 aliphatic heterocycles. The van der Waals surface area contributed by atoms with E-state index in [4.69, 9.17) is 0 Å². The van der Waals surface area contributed by atoms with Gasteiger partial charge in [-0.05, 0) is 32.9 Å². The van der Waals surface area contributed by atoms with Crippen LogP contribution in [-0.2, 0) is 0 Å². The van der Waals surface area contributed by atoms with Gasteiger partial charge in [0, 0.05) is 31.0 Å². The van der Waals surface area contributed by atoms with Crippen molar-refractivity contribution in [3.8, 4) is 0 Å². The fraction of sp³-hybridized carbons (Fsp3) is 0.462. The maximum Gasteiger partial charge on any atom is 0.198 e. The average molecular weight is 279 g/mol. The summed E-state index contributed by atoms with van der Waals surface area (Å²) in [6.45, 7) is 7.89. The van der Waals surface area contributed by atoms with E-state index >= 15 is 0 Å². The molecule has 1 heterocycles. The Morgan fingerprint density at radius 1 is 1.05 bits per heavy atom.